The topological polar surface area (TPSA) is 119 Å². The van der Waals surface area contributed by atoms with Crippen LogP contribution in [0.2, 0.25) is 0 Å². The molecule has 0 saturated carbocycles. The van der Waals surface area contributed by atoms with Crippen LogP contribution in [0.25, 0.3) is 10.9 Å². The Labute approximate surface area is 178 Å². The summed E-state index contributed by atoms with van der Waals surface area (Å²) >= 11 is 0. The number of benzene rings is 2. The van der Waals surface area contributed by atoms with Gasteiger partial charge < -0.3 is 10.6 Å². The fourth-order valence-corrected chi connectivity index (χ4v) is 3.75. The van der Waals surface area contributed by atoms with E-state index in [0.717, 1.165) is 37.2 Å². The number of rotatable bonds is 6. The maximum absolute atomic E-state index is 12.8. The number of aromatic nitrogens is 2. The molecule has 0 spiro atoms. The maximum atomic E-state index is 12.8. The van der Waals surface area contributed by atoms with Gasteiger partial charge in [-0.25, -0.2) is 4.98 Å². The van der Waals surface area contributed by atoms with Crippen molar-refractivity contribution in [3.63, 3.8) is 0 Å². The van der Waals surface area contributed by atoms with Gasteiger partial charge in [0, 0.05) is 49.4 Å². The van der Waals surface area contributed by atoms with Crippen LogP contribution in [-0.2, 0) is 13.0 Å². The number of nitrogens with zero attached hydrogens (tertiary/aromatic N) is 3. The first-order valence-corrected chi connectivity index (χ1v) is 10.3. The molecule has 0 unspecified atom stereocenters. The zero-order valence-corrected chi connectivity index (χ0v) is 17.0. The Bertz CT molecular complexity index is 1190. The standard InChI is InChI=1S/C22H23N5O4/c28-21(24-12-11-23-16-6-8-17(9-7-16)27(30)31)15-5-10-18-19(14-15)25-20-4-2-1-3-13-26(20)22(18)29/h5-10,14,23H,1-4,11-13H2,(H,24,28). The van der Waals surface area contributed by atoms with Crippen LogP contribution in [-0.4, -0.2) is 33.5 Å². The lowest BCUT2D eigenvalue weighted by Crippen LogP contribution is -2.29. The van der Waals surface area contributed by atoms with Gasteiger partial charge in [0.05, 0.1) is 15.8 Å². The fraction of sp³-hybridized carbons (Fsp3) is 0.318. The van der Waals surface area contributed by atoms with Crippen LogP contribution in [0.1, 0.15) is 35.4 Å². The van der Waals surface area contributed by atoms with E-state index in [-0.39, 0.29) is 17.2 Å². The molecule has 0 bridgehead atoms. The van der Waals surface area contributed by atoms with E-state index in [4.69, 9.17) is 0 Å². The minimum atomic E-state index is -0.450. The minimum Gasteiger partial charge on any atom is -0.383 e. The van der Waals surface area contributed by atoms with Crippen LogP contribution in [0.4, 0.5) is 11.4 Å². The summed E-state index contributed by atoms with van der Waals surface area (Å²) in [6, 6.07) is 11.1. The second-order valence-corrected chi connectivity index (χ2v) is 7.51. The van der Waals surface area contributed by atoms with E-state index in [1.54, 1.807) is 34.9 Å². The number of carbonyl (C=O) groups is 1. The summed E-state index contributed by atoms with van der Waals surface area (Å²) in [5, 5.41) is 17.1. The number of carbonyl (C=O) groups excluding carboxylic acids is 1. The third kappa shape index (κ3) is 4.55. The molecule has 0 fully saturated rings. The molecule has 0 radical (unpaired) electrons. The first-order chi connectivity index (χ1) is 15.0. The zero-order chi connectivity index (χ0) is 21.8. The molecule has 31 heavy (non-hydrogen) atoms. The van der Waals surface area contributed by atoms with Crippen molar-refractivity contribution in [2.24, 2.45) is 0 Å². The molecule has 2 heterocycles. The summed E-state index contributed by atoms with van der Waals surface area (Å²) < 4.78 is 1.76. The van der Waals surface area contributed by atoms with Gasteiger partial charge in [0.2, 0.25) is 0 Å². The Kier molecular flexibility index (Phi) is 5.92. The normalized spacial score (nSPS) is 13.3. The van der Waals surface area contributed by atoms with E-state index in [2.05, 4.69) is 15.6 Å². The number of nitro benzene ring substituents is 1. The molecule has 1 aromatic heterocycles. The van der Waals surface area contributed by atoms with Crippen molar-refractivity contribution in [2.75, 3.05) is 18.4 Å². The fourth-order valence-electron chi connectivity index (χ4n) is 3.75. The molecular weight excluding hydrogens is 398 g/mol. The molecule has 0 atom stereocenters. The van der Waals surface area contributed by atoms with Gasteiger partial charge in [-0.15, -0.1) is 0 Å². The number of fused-ring (bicyclic) bond motifs is 2. The lowest BCUT2D eigenvalue weighted by molar-refractivity contribution is -0.384. The Morgan fingerprint density at radius 3 is 2.68 bits per heavy atom. The predicted molar refractivity (Wildman–Crippen MR) is 117 cm³/mol. The molecule has 0 saturated heterocycles. The molecule has 1 amide bonds. The monoisotopic (exact) mass is 421 g/mol. The number of anilines is 1. The molecule has 9 heteroatoms. The van der Waals surface area contributed by atoms with E-state index in [1.807, 2.05) is 0 Å². The SMILES string of the molecule is O=C(NCCNc1ccc([N+](=O)[O-])cc1)c1ccc2c(=O)n3c(nc2c1)CCCCC3. The Balaban J connectivity index is 1.39. The van der Waals surface area contributed by atoms with Crippen LogP contribution in [0.5, 0.6) is 0 Å². The molecule has 0 aliphatic carbocycles. The average Bonchev–Trinajstić information content (AvgIpc) is 3.02. The summed E-state index contributed by atoms with van der Waals surface area (Å²) in [6.45, 7) is 1.53. The highest BCUT2D eigenvalue weighted by molar-refractivity contribution is 5.97. The molecule has 2 aromatic carbocycles. The Morgan fingerprint density at radius 1 is 1.10 bits per heavy atom. The van der Waals surface area contributed by atoms with Crippen molar-refractivity contribution in [1.82, 2.24) is 14.9 Å². The summed E-state index contributed by atoms with van der Waals surface area (Å²) in [7, 11) is 0. The quantitative estimate of drug-likeness (QED) is 0.359. The lowest BCUT2D eigenvalue weighted by atomic mass is 10.1. The van der Waals surface area contributed by atoms with Gasteiger partial charge >= 0.3 is 0 Å². The highest BCUT2D eigenvalue weighted by Crippen LogP contribution is 2.17. The summed E-state index contributed by atoms with van der Waals surface area (Å²) in [4.78, 5) is 40.2. The van der Waals surface area contributed by atoms with Crippen LogP contribution in [0, 0.1) is 10.1 Å². The minimum absolute atomic E-state index is 0.0280. The Hall–Kier alpha value is -3.75. The predicted octanol–water partition coefficient (Wildman–Crippen LogP) is 2.87. The van der Waals surface area contributed by atoms with Gasteiger partial charge in [-0.3, -0.25) is 24.3 Å². The van der Waals surface area contributed by atoms with Crippen molar-refractivity contribution >= 4 is 28.2 Å². The van der Waals surface area contributed by atoms with E-state index in [0.29, 0.717) is 36.1 Å². The van der Waals surface area contributed by atoms with Gasteiger partial charge in [-0.2, -0.15) is 0 Å². The van der Waals surface area contributed by atoms with Crippen molar-refractivity contribution in [3.05, 3.63) is 74.3 Å². The van der Waals surface area contributed by atoms with Crippen LogP contribution >= 0.6 is 0 Å². The first kappa shape index (κ1) is 20.5. The summed E-state index contributed by atoms with van der Waals surface area (Å²) in [5.74, 6) is 0.545. The molecule has 1 aliphatic heterocycles. The number of hydrogen-bond acceptors (Lipinski definition) is 6. The maximum Gasteiger partial charge on any atom is 0.269 e. The van der Waals surface area contributed by atoms with Crippen molar-refractivity contribution < 1.29 is 9.72 Å². The molecule has 2 N–H and O–H groups in total. The average molecular weight is 421 g/mol. The van der Waals surface area contributed by atoms with Gasteiger partial charge in [0.25, 0.3) is 17.2 Å². The molecule has 1 aliphatic rings. The summed E-state index contributed by atoms with van der Waals surface area (Å²) in [6.07, 6.45) is 3.85. The molecule has 3 aromatic rings. The van der Waals surface area contributed by atoms with Gasteiger partial charge in [0.15, 0.2) is 0 Å². The van der Waals surface area contributed by atoms with Crippen molar-refractivity contribution in [3.8, 4) is 0 Å². The zero-order valence-electron chi connectivity index (χ0n) is 17.0. The van der Waals surface area contributed by atoms with Gasteiger partial charge in [0.1, 0.15) is 5.82 Å². The first-order valence-electron chi connectivity index (χ1n) is 10.3. The van der Waals surface area contributed by atoms with Crippen LogP contribution in [0.15, 0.2) is 47.3 Å². The highest BCUT2D eigenvalue weighted by atomic mass is 16.6. The Morgan fingerprint density at radius 2 is 1.90 bits per heavy atom. The van der Waals surface area contributed by atoms with Gasteiger partial charge in [-0.05, 0) is 43.2 Å². The highest BCUT2D eigenvalue weighted by Gasteiger charge is 2.15. The molecule has 4 rings (SSSR count). The van der Waals surface area contributed by atoms with Crippen LogP contribution in [0.3, 0.4) is 0 Å². The van der Waals surface area contributed by atoms with E-state index in [9.17, 15) is 19.7 Å². The van der Waals surface area contributed by atoms with E-state index < -0.39 is 4.92 Å². The number of non-ortho nitro benzene ring substituents is 1. The van der Waals surface area contributed by atoms with Gasteiger partial charge in [-0.1, -0.05) is 6.42 Å². The van der Waals surface area contributed by atoms with Crippen LogP contribution < -0.4 is 16.2 Å². The second-order valence-electron chi connectivity index (χ2n) is 7.51. The smallest absolute Gasteiger partial charge is 0.269 e. The number of hydrogen-bond donors (Lipinski definition) is 2. The summed E-state index contributed by atoms with van der Waals surface area (Å²) in [5.41, 5.74) is 1.72. The molecular formula is C22H23N5O4. The molecule has 160 valence electrons. The van der Waals surface area contributed by atoms with Crippen molar-refractivity contribution in [2.45, 2.75) is 32.2 Å². The molecule has 9 nitrogen and oxygen atoms in total. The number of nitrogens with one attached hydrogen (secondary N) is 2. The van der Waals surface area contributed by atoms with Crippen molar-refractivity contribution in [1.29, 1.82) is 0 Å². The number of amides is 1. The lowest BCUT2D eigenvalue weighted by Gasteiger charge is -2.11. The second kappa shape index (κ2) is 8.95. The largest absolute Gasteiger partial charge is 0.383 e. The number of aryl methyl sites for hydroxylation is 1. The third-order valence-electron chi connectivity index (χ3n) is 5.40. The number of nitro groups is 1. The van der Waals surface area contributed by atoms with E-state index in [1.165, 1.54) is 12.1 Å². The third-order valence-corrected chi connectivity index (χ3v) is 5.40. The van der Waals surface area contributed by atoms with E-state index >= 15 is 0 Å².